The van der Waals surface area contributed by atoms with Crippen molar-refractivity contribution in [2.75, 3.05) is 19.8 Å². The quantitative estimate of drug-likeness (QED) is 0.741. The zero-order chi connectivity index (χ0) is 18.9. The van der Waals surface area contributed by atoms with Crippen molar-refractivity contribution in [2.45, 2.75) is 31.7 Å². The molecule has 2 aliphatic heterocycles. The van der Waals surface area contributed by atoms with Gasteiger partial charge in [-0.05, 0) is 48.6 Å². The van der Waals surface area contributed by atoms with Crippen molar-refractivity contribution in [1.29, 1.82) is 0 Å². The number of carbonyl (C=O) groups excluding carboxylic acids is 1. The van der Waals surface area contributed by atoms with Gasteiger partial charge in [-0.25, -0.2) is 0 Å². The fraction of sp³-hybridized carbons (Fsp3) is 0.348. The van der Waals surface area contributed by atoms with Gasteiger partial charge in [0.2, 0.25) is 5.91 Å². The van der Waals surface area contributed by atoms with Crippen LogP contribution in [0.25, 0.3) is 10.9 Å². The van der Waals surface area contributed by atoms with Crippen LogP contribution < -0.4 is 9.47 Å². The van der Waals surface area contributed by atoms with Gasteiger partial charge in [-0.3, -0.25) is 4.79 Å². The highest BCUT2D eigenvalue weighted by molar-refractivity contribution is 5.84. The van der Waals surface area contributed by atoms with Crippen molar-refractivity contribution in [2.24, 2.45) is 0 Å². The van der Waals surface area contributed by atoms with Crippen LogP contribution in [0.4, 0.5) is 0 Å². The van der Waals surface area contributed by atoms with E-state index in [2.05, 4.69) is 23.2 Å². The number of rotatable bonds is 4. The lowest BCUT2D eigenvalue weighted by Crippen LogP contribution is -2.30. The lowest BCUT2D eigenvalue weighted by molar-refractivity contribution is -0.132. The van der Waals surface area contributed by atoms with Crippen LogP contribution in [-0.4, -0.2) is 35.5 Å². The summed E-state index contributed by atoms with van der Waals surface area (Å²) in [4.78, 5) is 18.3. The van der Waals surface area contributed by atoms with Crippen molar-refractivity contribution >= 4 is 16.8 Å². The number of nitrogens with zero attached hydrogens (tertiary/aromatic N) is 1. The average Bonchev–Trinajstić information content (AvgIpc) is 3.39. The molecule has 1 N–H and O–H groups in total. The predicted molar refractivity (Wildman–Crippen MR) is 108 cm³/mol. The number of amides is 1. The Balaban J connectivity index is 1.30. The fourth-order valence-corrected chi connectivity index (χ4v) is 4.40. The maximum Gasteiger partial charge on any atom is 0.223 e. The minimum atomic E-state index is 0.131. The highest BCUT2D eigenvalue weighted by atomic mass is 16.6. The average molecular weight is 376 g/mol. The number of hydrogen-bond acceptors (Lipinski definition) is 3. The zero-order valence-corrected chi connectivity index (χ0v) is 15.8. The van der Waals surface area contributed by atoms with Gasteiger partial charge in [-0.15, -0.1) is 0 Å². The van der Waals surface area contributed by atoms with Gasteiger partial charge in [-0.2, -0.15) is 0 Å². The van der Waals surface area contributed by atoms with E-state index >= 15 is 0 Å². The van der Waals surface area contributed by atoms with Gasteiger partial charge >= 0.3 is 0 Å². The van der Waals surface area contributed by atoms with E-state index in [1.807, 2.05) is 35.4 Å². The van der Waals surface area contributed by atoms with Gasteiger partial charge in [-0.1, -0.05) is 24.3 Å². The summed E-state index contributed by atoms with van der Waals surface area (Å²) < 4.78 is 11.3. The normalized spacial score (nSPS) is 18.6. The highest BCUT2D eigenvalue weighted by Gasteiger charge is 2.30. The second-order valence-electron chi connectivity index (χ2n) is 7.51. The molecule has 1 aromatic heterocycles. The number of benzene rings is 2. The highest BCUT2D eigenvalue weighted by Crippen LogP contribution is 2.38. The Morgan fingerprint density at radius 1 is 1.11 bits per heavy atom. The van der Waals surface area contributed by atoms with Crippen LogP contribution in [0.1, 0.15) is 36.4 Å². The summed E-state index contributed by atoms with van der Waals surface area (Å²) in [6, 6.07) is 14.5. The van der Waals surface area contributed by atoms with E-state index in [0.717, 1.165) is 48.4 Å². The number of nitrogens with one attached hydrogen (secondary N) is 1. The van der Waals surface area contributed by atoms with Crippen molar-refractivity contribution in [1.82, 2.24) is 9.88 Å². The largest absolute Gasteiger partial charge is 0.486 e. The molecule has 2 aromatic carbocycles. The van der Waals surface area contributed by atoms with Crippen LogP contribution in [0.5, 0.6) is 11.5 Å². The summed E-state index contributed by atoms with van der Waals surface area (Å²) in [6.45, 7) is 1.99. The van der Waals surface area contributed by atoms with E-state index in [0.29, 0.717) is 19.6 Å². The van der Waals surface area contributed by atoms with Crippen molar-refractivity contribution in [3.05, 3.63) is 59.8 Å². The lowest BCUT2D eigenvalue weighted by atomic mass is 10.0. The first-order valence-corrected chi connectivity index (χ1v) is 10.0. The molecule has 1 atom stereocenters. The van der Waals surface area contributed by atoms with E-state index in [9.17, 15) is 4.79 Å². The monoisotopic (exact) mass is 376 g/mol. The van der Waals surface area contributed by atoms with Crippen LogP contribution in [0, 0.1) is 0 Å². The Bertz CT molecular complexity index is 1010. The smallest absolute Gasteiger partial charge is 0.223 e. The molecule has 3 heterocycles. The van der Waals surface area contributed by atoms with Crippen LogP contribution >= 0.6 is 0 Å². The first-order chi connectivity index (χ1) is 13.8. The number of H-pyrrole nitrogens is 1. The predicted octanol–water partition coefficient (Wildman–Crippen LogP) is 4.24. The summed E-state index contributed by atoms with van der Waals surface area (Å²) >= 11 is 0. The van der Waals surface area contributed by atoms with E-state index < -0.39 is 0 Å². The van der Waals surface area contributed by atoms with Gasteiger partial charge < -0.3 is 19.4 Å². The second kappa shape index (κ2) is 7.23. The summed E-state index contributed by atoms with van der Waals surface area (Å²) in [7, 11) is 0. The molecule has 0 bridgehead atoms. The second-order valence-corrected chi connectivity index (χ2v) is 7.51. The van der Waals surface area contributed by atoms with Gasteiger partial charge in [0.25, 0.3) is 0 Å². The molecule has 2 aliphatic rings. The minimum absolute atomic E-state index is 0.131. The number of aromatic amines is 1. The standard InChI is InChI=1S/C23H24N2O3/c26-23(10-8-17-15-24-19-5-2-1-4-18(17)19)25-11-3-6-20(25)16-7-9-21-22(14-16)28-13-12-27-21/h1-2,4-5,7,9,14-15,20,24H,3,6,8,10-13H2/t20-/m1/s1. The SMILES string of the molecule is O=C(CCc1c[nH]c2ccccc12)N1CCC[C@@H]1c1ccc2c(c1)OCCO2. The minimum Gasteiger partial charge on any atom is -0.486 e. The molecule has 0 unspecified atom stereocenters. The zero-order valence-electron chi connectivity index (χ0n) is 15.8. The third-order valence-corrected chi connectivity index (χ3v) is 5.81. The fourth-order valence-electron chi connectivity index (χ4n) is 4.40. The molecule has 0 radical (unpaired) electrons. The molecule has 0 spiro atoms. The molecule has 1 saturated heterocycles. The van der Waals surface area contributed by atoms with Crippen molar-refractivity contribution in [3.8, 4) is 11.5 Å². The van der Waals surface area contributed by atoms with Gasteiger partial charge in [0, 0.05) is 30.1 Å². The van der Waals surface area contributed by atoms with Crippen molar-refractivity contribution < 1.29 is 14.3 Å². The number of aromatic nitrogens is 1. The molecule has 5 rings (SSSR count). The number of para-hydroxylation sites is 1. The lowest BCUT2D eigenvalue weighted by Gasteiger charge is -2.27. The van der Waals surface area contributed by atoms with E-state index in [-0.39, 0.29) is 11.9 Å². The third-order valence-electron chi connectivity index (χ3n) is 5.81. The molecular weight excluding hydrogens is 352 g/mol. The molecule has 1 amide bonds. The van der Waals surface area contributed by atoms with Crippen LogP contribution in [0.2, 0.25) is 0 Å². The van der Waals surface area contributed by atoms with Gasteiger partial charge in [0.05, 0.1) is 6.04 Å². The first kappa shape index (κ1) is 17.2. The van der Waals surface area contributed by atoms with E-state index in [4.69, 9.17) is 9.47 Å². The summed E-state index contributed by atoms with van der Waals surface area (Å²) in [6.07, 6.45) is 5.35. The molecule has 0 aliphatic carbocycles. The Hall–Kier alpha value is -2.95. The number of hydrogen-bond donors (Lipinski definition) is 1. The number of aryl methyl sites for hydroxylation is 1. The number of fused-ring (bicyclic) bond motifs is 2. The molecule has 144 valence electrons. The van der Waals surface area contributed by atoms with Gasteiger partial charge in [0.15, 0.2) is 11.5 Å². The molecule has 1 fully saturated rings. The number of ether oxygens (including phenoxy) is 2. The van der Waals surface area contributed by atoms with Gasteiger partial charge in [0.1, 0.15) is 13.2 Å². The third kappa shape index (κ3) is 3.11. The maximum atomic E-state index is 13.0. The Morgan fingerprint density at radius 2 is 1.96 bits per heavy atom. The summed E-state index contributed by atoms with van der Waals surface area (Å²) in [5.41, 5.74) is 3.47. The molecule has 5 nitrogen and oxygen atoms in total. The molecule has 3 aromatic rings. The Labute approximate surface area is 164 Å². The molecule has 0 saturated carbocycles. The first-order valence-electron chi connectivity index (χ1n) is 10.0. The number of carbonyl (C=O) groups is 1. The molecule has 5 heteroatoms. The van der Waals surface area contributed by atoms with Crippen LogP contribution in [0.3, 0.4) is 0 Å². The van der Waals surface area contributed by atoms with E-state index in [1.165, 1.54) is 10.9 Å². The molecular formula is C23H24N2O3. The van der Waals surface area contributed by atoms with E-state index in [1.54, 1.807) is 0 Å². The topological polar surface area (TPSA) is 54.6 Å². The Kier molecular flexibility index (Phi) is 4.43. The number of likely N-dealkylation sites (tertiary alicyclic amines) is 1. The van der Waals surface area contributed by atoms with Crippen molar-refractivity contribution in [3.63, 3.8) is 0 Å². The van der Waals surface area contributed by atoms with Crippen LogP contribution in [-0.2, 0) is 11.2 Å². The maximum absolute atomic E-state index is 13.0. The Morgan fingerprint density at radius 3 is 2.89 bits per heavy atom. The summed E-state index contributed by atoms with van der Waals surface area (Å²) in [5.74, 6) is 1.81. The summed E-state index contributed by atoms with van der Waals surface area (Å²) in [5, 5.41) is 1.21. The van der Waals surface area contributed by atoms with Crippen LogP contribution in [0.15, 0.2) is 48.7 Å². The molecule has 28 heavy (non-hydrogen) atoms.